The Kier molecular flexibility index (Phi) is 2.81. The summed E-state index contributed by atoms with van der Waals surface area (Å²) in [4.78, 5) is 0. The Hall–Kier alpha value is -1.32. The van der Waals surface area contributed by atoms with E-state index < -0.39 is 0 Å². The molecule has 0 amide bonds. The lowest BCUT2D eigenvalue weighted by molar-refractivity contribution is 0.216. The van der Waals surface area contributed by atoms with Gasteiger partial charge in [0, 0.05) is 6.07 Å². The summed E-state index contributed by atoms with van der Waals surface area (Å²) < 4.78 is 5.44. The highest BCUT2D eigenvalue weighted by Crippen LogP contribution is 2.29. The van der Waals surface area contributed by atoms with Crippen molar-refractivity contribution in [2.45, 2.75) is 25.7 Å². The van der Waals surface area contributed by atoms with E-state index >= 15 is 0 Å². The van der Waals surface area contributed by atoms with E-state index in [1.807, 2.05) is 0 Å². The van der Waals surface area contributed by atoms with Gasteiger partial charge in [0.25, 0.3) is 0 Å². The molecule has 0 saturated heterocycles. The van der Waals surface area contributed by atoms with Crippen LogP contribution in [0, 0.1) is 5.92 Å². The zero-order valence-corrected chi connectivity index (χ0v) is 8.15. The Bertz CT molecular complexity index is 282. The van der Waals surface area contributed by atoms with Crippen molar-refractivity contribution in [2.24, 2.45) is 5.92 Å². The molecule has 0 spiro atoms. The molecule has 0 aliphatic heterocycles. The van der Waals surface area contributed by atoms with Crippen molar-refractivity contribution in [1.82, 2.24) is 10.2 Å². The molecule has 1 aromatic rings. The second-order valence-corrected chi connectivity index (χ2v) is 3.73. The number of nitrogen functional groups attached to an aromatic ring is 1. The summed E-state index contributed by atoms with van der Waals surface area (Å²) in [5.41, 5.74) is 5.41. The first-order valence-electron chi connectivity index (χ1n) is 5.06. The van der Waals surface area contributed by atoms with Crippen LogP contribution in [0.1, 0.15) is 25.7 Å². The van der Waals surface area contributed by atoms with Crippen LogP contribution in [-0.4, -0.2) is 16.8 Å². The van der Waals surface area contributed by atoms with E-state index in [-0.39, 0.29) is 0 Å². The zero-order valence-electron chi connectivity index (χ0n) is 8.15. The van der Waals surface area contributed by atoms with Crippen LogP contribution < -0.4 is 10.5 Å². The molecule has 0 bridgehead atoms. The van der Waals surface area contributed by atoms with Gasteiger partial charge in [-0.2, -0.15) is 0 Å². The van der Waals surface area contributed by atoms with Crippen LogP contribution in [0.15, 0.2) is 12.1 Å². The van der Waals surface area contributed by atoms with E-state index in [9.17, 15) is 0 Å². The molecule has 0 atom stereocenters. The van der Waals surface area contributed by atoms with Crippen molar-refractivity contribution in [1.29, 1.82) is 0 Å². The van der Waals surface area contributed by atoms with Gasteiger partial charge in [-0.3, -0.25) is 0 Å². The second kappa shape index (κ2) is 4.26. The highest BCUT2D eigenvalue weighted by Gasteiger charge is 2.16. The first-order chi connectivity index (χ1) is 6.84. The van der Waals surface area contributed by atoms with Crippen molar-refractivity contribution >= 4 is 5.82 Å². The monoisotopic (exact) mass is 193 g/mol. The maximum absolute atomic E-state index is 5.44. The molecule has 1 fully saturated rings. The normalized spacial score (nSPS) is 16.3. The van der Waals surface area contributed by atoms with Gasteiger partial charge in [0.05, 0.1) is 6.61 Å². The summed E-state index contributed by atoms with van der Waals surface area (Å²) >= 11 is 0. The Morgan fingerprint density at radius 2 is 2.21 bits per heavy atom. The number of nitrogens with zero attached hydrogens (tertiary/aromatic N) is 2. The van der Waals surface area contributed by atoms with Crippen molar-refractivity contribution in [3.8, 4) is 5.88 Å². The van der Waals surface area contributed by atoms with Crippen molar-refractivity contribution < 1.29 is 4.74 Å². The SMILES string of the molecule is Nc1ccc(OCCC2CCC2)nn1. The lowest BCUT2D eigenvalue weighted by atomic mass is 9.83. The van der Waals surface area contributed by atoms with Crippen LogP contribution in [0.4, 0.5) is 5.82 Å². The predicted octanol–water partition coefficient (Wildman–Crippen LogP) is 1.63. The smallest absolute Gasteiger partial charge is 0.233 e. The summed E-state index contributed by atoms with van der Waals surface area (Å²) in [7, 11) is 0. The molecule has 4 heteroatoms. The van der Waals surface area contributed by atoms with Gasteiger partial charge in [0.1, 0.15) is 5.82 Å². The third-order valence-corrected chi connectivity index (χ3v) is 2.66. The van der Waals surface area contributed by atoms with E-state index in [0.29, 0.717) is 11.7 Å². The highest BCUT2D eigenvalue weighted by atomic mass is 16.5. The van der Waals surface area contributed by atoms with Crippen LogP contribution in [0.5, 0.6) is 5.88 Å². The quantitative estimate of drug-likeness (QED) is 0.789. The maximum atomic E-state index is 5.44. The molecule has 0 aromatic carbocycles. The number of ether oxygens (including phenoxy) is 1. The Morgan fingerprint density at radius 3 is 2.79 bits per heavy atom. The van der Waals surface area contributed by atoms with E-state index in [0.717, 1.165) is 18.9 Å². The Balaban J connectivity index is 1.71. The van der Waals surface area contributed by atoms with Crippen molar-refractivity contribution in [3.05, 3.63) is 12.1 Å². The number of hydrogen-bond donors (Lipinski definition) is 1. The Morgan fingerprint density at radius 1 is 1.36 bits per heavy atom. The molecule has 2 rings (SSSR count). The number of anilines is 1. The fourth-order valence-corrected chi connectivity index (χ4v) is 1.52. The first-order valence-corrected chi connectivity index (χ1v) is 5.06. The molecule has 1 saturated carbocycles. The highest BCUT2D eigenvalue weighted by molar-refractivity contribution is 5.27. The molecule has 4 nitrogen and oxygen atoms in total. The third kappa shape index (κ3) is 2.34. The van der Waals surface area contributed by atoms with Gasteiger partial charge in [-0.25, -0.2) is 0 Å². The fraction of sp³-hybridized carbons (Fsp3) is 0.600. The van der Waals surface area contributed by atoms with E-state index in [1.54, 1.807) is 12.1 Å². The van der Waals surface area contributed by atoms with Crippen LogP contribution in [0.2, 0.25) is 0 Å². The summed E-state index contributed by atoms with van der Waals surface area (Å²) in [5, 5.41) is 7.54. The van der Waals surface area contributed by atoms with Crippen LogP contribution in [0.25, 0.3) is 0 Å². The molecular weight excluding hydrogens is 178 g/mol. The Labute approximate surface area is 83.5 Å². The summed E-state index contributed by atoms with van der Waals surface area (Å²) in [6, 6.07) is 3.45. The first kappa shape index (κ1) is 9.24. The number of rotatable bonds is 4. The molecule has 1 aliphatic rings. The molecule has 0 radical (unpaired) electrons. The predicted molar refractivity (Wildman–Crippen MR) is 53.9 cm³/mol. The summed E-state index contributed by atoms with van der Waals surface area (Å²) in [5.74, 6) is 1.87. The third-order valence-electron chi connectivity index (χ3n) is 2.66. The van der Waals surface area contributed by atoms with E-state index in [1.165, 1.54) is 19.3 Å². The van der Waals surface area contributed by atoms with Crippen LogP contribution in [0.3, 0.4) is 0 Å². The van der Waals surface area contributed by atoms with Gasteiger partial charge in [-0.15, -0.1) is 10.2 Å². The number of aromatic nitrogens is 2. The molecule has 76 valence electrons. The standard InChI is InChI=1S/C10H15N3O/c11-9-4-5-10(13-12-9)14-7-6-8-2-1-3-8/h4-5,8H,1-3,6-7H2,(H2,11,12). The lowest BCUT2D eigenvalue weighted by Crippen LogP contribution is -2.14. The summed E-state index contributed by atoms with van der Waals surface area (Å²) in [6.45, 7) is 0.739. The molecule has 14 heavy (non-hydrogen) atoms. The topological polar surface area (TPSA) is 61.0 Å². The fourth-order valence-electron chi connectivity index (χ4n) is 1.52. The molecule has 1 aliphatic carbocycles. The molecule has 1 heterocycles. The summed E-state index contributed by atoms with van der Waals surface area (Å²) in [6.07, 6.45) is 5.23. The van der Waals surface area contributed by atoms with Gasteiger partial charge in [0.15, 0.2) is 0 Å². The largest absolute Gasteiger partial charge is 0.477 e. The van der Waals surface area contributed by atoms with Crippen LogP contribution >= 0.6 is 0 Å². The molecule has 0 unspecified atom stereocenters. The average Bonchev–Trinajstić information content (AvgIpc) is 2.12. The van der Waals surface area contributed by atoms with Crippen molar-refractivity contribution in [2.75, 3.05) is 12.3 Å². The molecule has 2 N–H and O–H groups in total. The van der Waals surface area contributed by atoms with E-state index in [2.05, 4.69) is 10.2 Å². The molecular formula is C10H15N3O. The number of nitrogens with two attached hydrogens (primary N) is 1. The minimum atomic E-state index is 0.427. The van der Waals surface area contributed by atoms with Gasteiger partial charge in [0.2, 0.25) is 5.88 Å². The minimum Gasteiger partial charge on any atom is -0.477 e. The maximum Gasteiger partial charge on any atom is 0.233 e. The zero-order chi connectivity index (χ0) is 9.80. The lowest BCUT2D eigenvalue weighted by Gasteiger charge is -2.24. The molecule has 1 aromatic heterocycles. The van der Waals surface area contributed by atoms with Crippen LogP contribution in [-0.2, 0) is 0 Å². The average molecular weight is 193 g/mol. The minimum absolute atomic E-state index is 0.427. The van der Waals surface area contributed by atoms with Gasteiger partial charge < -0.3 is 10.5 Å². The van der Waals surface area contributed by atoms with Gasteiger partial charge in [-0.05, 0) is 18.4 Å². The van der Waals surface area contributed by atoms with Gasteiger partial charge in [-0.1, -0.05) is 19.3 Å². The number of hydrogen-bond acceptors (Lipinski definition) is 4. The van der Waals surface area contributed by atoms with Gasteiger partial charge >= 0.3 is 0 Å². The second-order valence-electron chi connectivity index (χ2n) is 3.73. The van der Waals surface area contributed by atoms with E-state index in [4.69, 9.17) is 10.5 Å². The van der Waals surface area contributed by atoms with Crippen molar-refractivity contribution in [3.63, 3.8) is 0 Å².